The van der Waals surface area contributed by atoms with E-state index in [4.69, 9.17) is 14.2 Å². The second kappa shape index (κ2) is 5.44. The lowest BCUT2D eigenvalue weighted by atomic mass is 9.52. The predicted octanol–water partition coefficient (Wildman–Crippen LogP) is 0.327. The third-order valence-corrected chi connectivity index (χ3v) is 5.82. The molecule has 0 aromatic heterocycles. The molecule has 0 aliphatic carbocycles. The fourth-order valence-corrected chi connectivity index (χ4v) is 3.51. The fourth-order valence-electron chi connectivity index (χ4n) is 3.51. The van der Waals surface area contributed by atoms with Crippen LogP contribution in [0, 0.1) is 5.41 Å². The summed E-state index contributed by atoms with van der Waals surface area (Å²) in [6.45, 7) is 8.08. The van der Waals surface area contributed by atoms with Crippen LogP contribution in [0.3, 0.4) is 0 Å². The molecule has 0 amide bonds. The lowest BCUT2D eigenvalue weighted by molar-refractivity contribution is -0.398. The minimum atomic E-state index is -1.61. The average molecular weight is 306 g/mol. The van der Waals surface area contributed by atoms with Crippen molar-refractivity contribution in [2.75, 3.05) is 34.0 Å². The van der Waals surface area contributed by atoms with Crippen LogP contribution in [0.1, 0.15) is 34.6 Å². The Morgan fingerprint density at radius 2 is 1.29 bits per heavy atom. The van der Waals surface area contributed by atoms with Crippen LogP contribution < -0.4 is 0 Å². The number of hydrogen-bond acceptors (Lipinski definition) is 6. The molecule has 6 heteroatoms. The standard InChI is InChI=1S/C15H30O6/c1-11(9-19-6)12(2,8-16)21-13(3,10-20-7)15(5,18)14(11,4)17/h16-18H,8-10H2,1-7H3. The maximum absolute atomic E-state index is 11.2. The minimum absolute atomic E-state index is 0.0782. The van der Waals surface area contributed by atoms with Gasteiger partial charge in [-0.3, -0.25) is 0 Å². The first-order valence-corrected chi connectivity index (χ1v) is 7.13. The van der Waals surface area contributed by atoms with Crippen molar-refractivity contribution in [2.45, 2.75) is 57.0 Å². The summed E-state index contributed by atoms with van der Waals surface area (Å²) in [5.41, 5.74) is -6.52. The van der Waals surface area contributed by atoms with Gasteiger partial charge in [0.05, 0.1) is 30.8 Å². The van der Waals surface area contributed by atoms with Crippen molar-refractivity contribution in [1.82, 2.24) is 0 Å². The van der Waals surface area contributed by atoms with Gasteiger partial charge in [-0.2, -0.15) is 0 Å². The third kappa shape index (κ3) is 2.24. The number of aliphatic hydroxyl groups excluding tert-OH is 1. The van der Waals surface area contributed by atoms with E-state index in [1.54, 1.807) is 27.7 Å². The predicted molar refractivity (Wildman–Crippen MR) is 78.1 cm³/mol. The lowest BCUT2D eigenvalue weighted by Crippen LogP contribution is -2.83. The lowest BCUT2D eigenvalue weighted by Gasteiger charge is -2.67. The van der Waals surface area contributed by atoms with Crippen LogP contribution in [0.25, 0.3) is 0 Å². The maximum Gasteiger partial charge on any atom is 0.122 e. The highest BCUT2D eigenvalue weighted by molar-refractivity contribution is 5.22. The van der Waals surface area contributed by atoms with Gasteiger partial charge in [-0.05, 0) is 27.7 Å². The monoisotopic (exact) mass is 306 g/mol. The van der Waals surface area contributed by atoms with Crippen molar-refractivity contribution >= 4 is 0 Å². The minimum Gasteiger partial charge on any atom is -0.393 e. The van der Waals surface area contributed by atoms with E-state index in [9.17, 15) is 15.3 Å². The Morgan fingerprint density at radius 1 is 0.810 bits per heavy atom. The molecule has 1 aliphatic rings. The van der Waals surface area contributed by atoms with Gasteiger partial charge in [0, 0.05) is 14.2 Å². The Hall–Kier alpha value is -0.240. The number of methoxy groups -OCH3 is 2. The van der Waals surface area contributed by atoms with Gasteiger partial charge in [0.1, 0.15) is 16.8 Å². The zero-order chi connectivity index (χ0) is 16.7. The van der Waals surface area contributed by atoms with Gasteiger partial charge >= 0.3 is 0 Å². The fraction of sp³-hybridized carbons (Fsp3) is 1.00. The molecule has 0 bridgehead atoms. The molecular weight excluding hydrogens is 276 g/mol. The second-order valence-corrected chi connectivity index (χ2v) is 7.06. The van der Waals surface area contributed by atoms with Crippen LogP contribution in [-0.4, -0.2) is 71.8 Å². The van der Waals surface area contributed by atoms with Crippen LogP contribution in [-0.2, 0) is 14.2 Å². The second-order valence-electron chi connectivity index (χ2n) is 7.06. The van der Waals surface area contributed by atoms with Crippen LogP contribution in [0.15, 0.2) is 0 Å². The van der Waals surface area contributed by atoms with Gasteiger partial charge in [-0.1, -0.05) is 6.92 Å². The van der Waals surface area contributed by atoms with Crippen LogP contribution >= 0.6 is 0 Å². The first kappa shape index (κ1) is 18.8. The summed E-state index contributed by atoms with van der Waals surface area (Å²) in [4.78, 5) is 0. The Balaban J connectivity index is 3.52. The SMILES string of the molecule is COCC1(C)OC(C)(CO)C(C)(COC)C(C)(O)C1(C)O. The molecule has 1 heterocycles. The molecule has 1 aliphatic heterocycles. The summed E-state index contributed by atoms with van der Waals surface area (Å²) in [5, 5.41) is 32.2. The molecule has 0 saturated carbocycles. The van der Waals surface area contributed by atoms with Gasteiger partial charge in [0.2, 0.25) is 0 Å². The Kier molecular flexibility index (Phi) is 4.87. The summed E-state index contributed by atoms with van der Waals surface area (Å²) in [6.07, 6.45) is 0. The van der Waals surface area contributed by atoms with Gasteiger partial charge in [-0.25, -0.2) is 0 Å². The largest absolute Gasteiger partial charge is 0.393 e. The van der Waals surface area contributed by atoms with Gasteiger partial charge < -0.3 is 29.5 Å². The van der Waals surface area contributed by atoms with E-state index in [1.165, 1.54) is 21.1 Å². The van der Waals surface area contributed by atoms with E-state index in [0.29, 0.717) is 0 Å². The van der Waals surface area contributed by atoms with Crippen molar-refractivity contribution in [2.24, 2.45) is 5.41 Å². The molecule has 21 heavy (non-hydrogen) atoms. The molecule has 1 fully saturated rings. The van der Waals surface area contributed by atoms with Crippen LogP contribution in [0.2, 0.25) is 0 Å². The van der Waals surface area contributed by atoms with Crippen molar-refractivity contribution in [3.05, 3.63) is 0 Å². The Morgan fingerprint density at radius 3 is 1.67 bits per heavy atom. The summed E-state index contributed by atoms with van der Waals surface area (Å²) in [6, 6.07) is 0. The Bertz CT molecular complexity index is 382. The first-order chi connectivity index (χ1) is 9.39. The summed E-state index contributed by atoms with van der Waals surface area (Å²) in [7, 11) is 3.01. The first-order valence-electron chi connectivity index (χ1n) is 7.13. The Labute approximate surface area is 127 Å². The number of rotatable bonds is 5. The smallest absolute Gasteiger partial charge is 0.122 e. The van der Waals surface area contributed by atoms with Crippen molar-refractivity contribution in [1.29, 1.82) is 0 Å². The molecule has 0 aromatic carbocycles. The summed E-state index contributed by atoms with van der Waals surface area (Å²) < 4.78 is 16.5. The van der Waals surface area contributed by atoms with E-state index in [1.807, 2.05) is 0 Å². The highest BCUT2D eigenvalue weighted by Crippen LogP contribution is 2.58. The van der Waals surface area contributed by atoms with Gasteiger partial charge in [-0.15, -0.1) is 0 Å². The van der Waals surface area contributed by atoms with Crippen molar-refractivity contribution in [3.8, 4) is 0 Å². The van der Waals surface area contributed by atoms with E-state index in [2.05, 4.69) is 0 Å². The summed E-state index contributed by atoms with van der Waals surface area (Å²) in [5.74, 6) is 0. The van der Waals surface area contributed by atoms with E-state index in [-0.39, 0.29) is 19.8 Å². The van der Waals surface area contributed by atoms with E-state index < -0.39 is 27.8 Å². The third-order valence-electron chi connectivity index (χ3n) is 5.82. The molecule has 3 N–H and O–H groups in total. The zero-order valence-electron chi connectivity index (χ0n) is 14.2. The number of hydrogen-bond donors (Lipinski definition) is 3. The topological polar surface area (TPSA) is 88.4 Å². The zero-order valence-corrected chi connectivity index (χ0v) is 14.2. The molecule has 1 rings (SSSR count). The van der Waals surface area contributed by atoms with Gasteiger partial charge in [0.25, 0.3) is 0 Å². The molecule has 5 atom stereocenters. The molecule has 1 saturated heterocycles. The van der Waals surface area contributed by atoms with E-state index >= 15 is 0 Å². The molecule has 0 radical (unpaired) electrons. The molecular formula is C15H30O6. The highest BCUT2D eigenvalue weighted by atomic mass is 16.6. The highest BCUT2D eigenvalue weighted by Gasteiger charge is 2.73. The quantitative estimate of drug-likeness (QED) is 0.678. The molecule has 0 spiro atoms. The normalized spacial score (nSPS) is 51.1. The summed E-state index contributed by atoms with van der Waals surface area (Å²) >= 11 is 0. The van der Waals surface area contributed by atoms with Crippen molar-refractivity contribution in [3.63, 3.8) is 0 Å². The van der Waals surface area contributed by atoms with E-state index in [0.717, 1.165) is 0 Å². The van der Waals surface area contributed by atoms with Crippen LogP contribution in [0.4, 0.5) is 0 Å². The average Bonchev–Trinajstić information content (AvgIpc) is 2.37. The number of aliphatic hydroxyl groups is 3. The molecule has 0 aromatic rings. The van der Waals surface area contributed by atoms with Crippen LogP contribution in [0.5, 0.6) is 0 Å². The number of ether oxygens (including phenoxy) is 3. The molecule has 5 unspecified atom stereocenters. The molecule has 6 nitrogen and oxygen atoms in total. The maximum atomic E-state index is 11.2. The molecule has 126 valence electrons. The van der Waals surface area contributed by atoms with Gasteiger partial charge in [0.15, 0.2) is 0 Å². The van der Waals surface area contributed by atoms with Crippen molar-refractivity contribution < 1.29 is 29.5 Å².